The Labute approximate surface area is 145 Å². The number of amides is 1. The number of aromatic carboxylic acids is 1. The predicted octanol–water partition coefficient (Wildman–Crippen LogP) is 2.84. The molecule has 0 unspecified atom stereocenters. The van der Waals surface area contributed by atoms with Gasteiger partial charge in [-0.1, -0.05) is 0 Å². The first kappa shape index (κ1) is 16.7. The van der Waals surface area contributed by atoms with Crippen molar-refractivity contribution < 1.29 is 23.8 Å². The quantitative estimate of drug-likeness (QED) is 0.769. The number of ether oxygens (including phenoxy) is 1. The van der Waals surface area contributed by atoms with Crippen molar-refractivity contribution in [3.8, 4) is 5.75 Å². The number of thiophene rings is 1. The first-order valence-electron chi connectivity index (χ1n) is 7.14. The van der Waals surface area contributed by atoms with Crippen molar-refractivity contribution in [1.29, 1.82) is 0 Å². The third kappa shape index (κ3) is 3.11. The van der Waals surface area contributed by atoms with Crippen molar-refractivity contribution >= 4 is 38.5 Å². The fourth-order valence-electron chi connectivity index (χ4n) is 2.24. The van der Waals surface area contributed by atoms with Crippen molar-refractivity contribution in [3.05, 3.63) is 57.9 Å². The van der Waals surface area contributed by atoms with E-state index in [4.69, 9.17) is 14.3 Å². The molecule has 0 saturated carbocycles. The van der Waals surface area contributed by atoms with Crippen LogP contribution in [0.3, 0.4) is 0 Å². The van der Waals surface area contributed by atoms with Crippen molar-refractivity contribution in [3.63, 3.8) is 0 Å². The maximum atomic E-state index is 12.6. The fourth-order valence-corrected chi connectivity index (χ4v) is 3.23. The van der Waals surface area contributed by atoms with Crippen LogP contribution >= 0.6 is 11.3 Å². The lowest BCUT2D eigenvalue weighted by molar-refractivity contribution is 0.0692. The maximum Gasteiger partial charge on any atom is 0.351 e. The van der Waals surface area contributed by atoms with Crippen LogP contribution in [0.4, 0.5) is 5.00 Å². The van der Waals surface area contributed by atoms with Gasteiger partial charge >= 0.3 is 11.6 Å². The highest BCUT2D eigenvalue weighted by Gasteiger charge is 2.19. The van der Waals surface area contributed by atoms with E-state index in [-0.39, 0.29) is 11.5 Å². The first-order chi connectivity index (χ1) is 11.9. The van der Waals surface area contributed by atoms with E-state index >= 15 is 0 Å². The number of carbonyl (C=O) groups is 2. The second-order valence-electron chi connectivity index (χ2n) is 5.16. The maximum absolute atomic E-state index is 12.6. The largest absolute Gasteiger partial charge is 0.497 e. The van der Waals surface area contributed by atoms with Gasteiger partial charge in [0.2, 0.25) is 0 Å². The minimum Gasteiger partial charge on any atom is -0.497 e. The SMILES string of the molecule is COc1ccc(C(=O)N(C)c2cc3oc(=O)c(C(=O)O)cc3s2)cc1. The molecule has 128 valence electrons. The molecule has 0 atom stereocenters. The molecule has 2 aromatic heterocycles. The van der Waals surface area contributed by atoms with Crippen LogP contribution in [0.15, 0.2) is 45.6 Å². The summed E-state index contributed by atoms with van der Waals surface area (Å²) < 4.78 is 10.6. The molecule has 25 heavy (non-hydrogen) atoms. The van der Waals surface area contributed by atoms with E-state index in [9.17, 15) is 14.4 Å². The highest BCUT2D eigenvalue weighted by atomic mass is 32.1. The molecule has 1 amide bonds. The molecule has 3 rings (SSSR count). The molecule has 0 fully saturated rings. The molecule has 1 N–H and O–H groups in total. The van der Waals surface area contributed by atoms with E-state index < -0.39 is 17.2 Å². The molecule has 3 aromatic rings. The summed E-state index contributed by atoms with van der Waals surface area (Å²) in [5.41, 5.74) is -0.656. The average Bonchev–Trinajstić information content (AvgIpc) is 3.02. The Bertz CT molecular complexity index is 1020. The van der Waals surface area contributed by atoms with Gasteiger partial charge in [-0.25, -0.2) is 9.59 Å². The predicted molar refractivity (Wildman–Crippen MR) is 93.0 cm³/mol. The Hall–Kier alpha value is -3.13. The zero-order valence-electron chi connectivity index (χ0n) is 13.3. The van der Waals surface area contributed by atoms with Crippen molar-refractivity contribution in [1.82, 2.24) is 0 Å². The number of carboxylic acid groups (broad SMARTS) is 1. The number of hydrogen-bond acceptors (Lipinski definition) is 6. The molecule has 0 aliphatic carbocycles. The van der Waals surface area contributed by atoms with Crippen LogP contribution in [0, 0.1) is 0 Å². The minimum atomic E-state index is -1.35. The van der Waals surface area contributed by atoms with E-state index in [1.165, 1.54) is 17.0 Å². The van der Waals surface area contributed by atoms with Gasteiger partial charge in [-0.3, -0.25) is 4.79 Å². The Morgan fingerprint density at radius 1 is 1.20 bits per heavy atom. The molecular formula is C17H13NO6S. The Morgan fingerprint density at radius 2 is 1.88 bits per heavy atom. The second kappa shape index (κ2) is 6.40. The van der Waals surface area contributed by atoms with Crippen LogP contribution in [-0.2, 0) is 0 Å². The van der Waals surface area contributed by atoms with Crippen LogP contribution in [0.1, 0.15) is 20.7 Å². The highest BCUT2D eigenvalue weighted by Crippen LogP contribution is 2.32. The van der Waals surface area contributed by atoms with E-state index in [0.29, 0.717) is 21.0 Å². The zero-order valence-corrected chi connectivity index (χ0v) is 14.1. The number of benzene rings is 1. The normalized spacial score (nSPS) is 10.6. The van der Waals surface area contributed by atoms with Gasteiger partial charge in [0.1, 0.15) is 16.3 Å². The molecule has 0 radical (unpaired) electrons. The highest BCUT2D eigenvalue weighted by molar-refractivity contribution is 7.22. The lowest BCUT2D eigenvalue weighted by Gasteiger charge is -2.14. The van der Waals surface area contributed by atoms with Gasteiger partial charge in [0.25, 0.3) is 5.91 Å². The third-order valence-corrected chi connectivity index (χ3v) is 4.75. The van der Waals surface area contributed by atoms with Crippen molar-refractivity contribution in [2.45, 2.75) is 0 Å². The summed E-state index contributed by atoms with van der Waals surface area (Å²) in [7, 11) is 3.13. The van der Waals surface area contributed by atoms with Gasteiger partial charge in [-0.2, -0.15) is 0 Å². The Kier molecular flexibility index (Phi) is 4.28. The van der Waals surface area contributed by atoms with E-state index in [2.05, 4.69) is 0 Å². The number of anilines is 1. The lowest BCUT2D eigenvalue weighted by Crippen LogP contribution is -2.25. The molecule has 0 aliphatic heterocycles. The van der Waals surface area contributed by atoms with Crippen molar-refractivity contribution in [2.24, 2.45) is 0 Å². The number of fused-ring (bicyclic) bond motifs is 1. The Morgan fingerprint density at radius 3 is 2.48 bits per heavy atom. The van der Waals surface area contributed by atoms with Crippen LogP contribution in [0.5, 0.6) is 5.75 Å². The Balaban J connectivity index is 1.95. The van der Waals surface area contributed by atoms with E-state index in [1.54, 1.807) is 38.4 Å². The van der Waals surface area contributed by atoms with Gasteiger partial charge in [-0.15, -0.1) is 11.3 Å². The van der Waals surface area contributed by atoms with Crippen LogP contribution in [-0.4, -0.2) is 31.1 Å². The number of nitrogens with zero attached hydrogens (tertiary/aromatic N) is 1. The number of rotatable bonds is 4. The summed E-state index contributed by atoms with van der Waals surface area (Å²) in [5.74, 6) is -0.965. The van der Waals surface area contributed by atoms with Gasteiger partial charge in [0, 0.05) is 18.7 Å². The fraction of sp³-hybridized carbons (Fsp3) is 0.118. The second-order valence-corrected chi connectivity index (χ2v) is 6.22. The molecular weight excluding hydrogens is 346 g/mol. The van der Waals surface area contributed by atoms with Gasteiger partial charge in [0.15, 0.2) is 5.58 Å². The smallest absolute Gasteiger partial charge is 0.351 e. The van der Waals surface area contributed by atoms with E-state index in [1.807, 2.05) is 0 Å². The minimum absolute atomic E-state index is 0.240. The van der Waals surface area contributed by atoms with Crippen LogP contribution in [0.2, 0.25) is 0 Å². The van der Waals surface area contributed by atoms with Crippen LogP contribution < -0.4 is 15.3 Å². The zero-order chi connectivity index (χ0) is 18.1. The average molecular weight is 359 g/mol. The van der Waals surface area contributed by atoms with Crippen molar-refractivity contribution in [2.75, 3.05) is 19.1 Å². The first-order valence-corrected chi connectivity index (χ1v) is 7.95. The molecule has 1 aromatic carbocycles. The molecule has 0 aliphatic rings. The molecule has 2 heterocycles. The summed E-state index contributed by atoms with van der Waals surface area (Å²) in [6, 6.07) is 9.45. The number of carbonyl (C=O) groups excluding carboxylic acids is 1. The third-order valence-electron chi connectivity index (χ3n) is 3.61. The van der Waals surface area contributed by atoms with Gasteiger partial charge < -0.3 is 19.2 Å². The molecule has 7 nitrogen and oxygen atoms in total. The summed E-state index contributed by atoms with van der Waals surface area (Å²) in [4.78, 5) is 36.6. The number of methoxy groups -OCH3 is 1. The standard InChI is InChI=1S/C17H13NO6S/c1-18(15(19)9-3-5-10(23-2)6-4-9)14-8-12-13(25-14)7-11(16(20)21)17(22)24-12/h3-8H,1-2H3,(H,20,21). The van der Waals surface area contributed by atoms with Crippen LogP contribution in [0.25, 0.3) is 10.3 Å². The number of hydrogen-bond donors (Lipinski definition) is 1. The lowest BCUT2D eigenvalue weighted by atomic mass is 10.2. The topological polar surface area (TPSA) is 97.0 Å². The molecule has 0 spiro atoms. The van der Waals surface area contributed by atoms with E-state index in [0.717, 1.165) is 11.3 Å². The summed E-state index contributed by atoms with van der Waals surface area (Å²) >= 11 is 1.16. The summed E-state index contributed by atoms with van der Waals surface area (Å²) in [6.45, 7) is 0. The summed E-state index contributed by atoms with van der Waals surface area (Å²) in [6.07, 6.45) is 0. The van der Waals surface area contributed by atoms with Gasteiger partial charge in [0.05, 0.1) is 11.8 Å². The van der Waals surface area contributed by atoms with Gasteiger partial charge in [-0.05, 0) is 30.3 Å². The summed E-state index contributed by atoms with van der Waals surface area (Å²) in [5, 5.41) is 9.52. The molecule has 0 bridgehead atoms. The molecule has 0 saturated heterocycles. The number of carboxylic acids is 1. The monoisotopic (exact) mass is 359 g/mol. The molecule has 8 heteroatoms.